The molecule has 0 unspecified atom stereocenters. The quantitative estimate of drug-likeness (QED) is 0.724. The van der Waals surface area contributed by atoms with Gasteiger partial charge in [-0.3, -0.25) is 9.78 Å². The van der Waals surface area contributed by atoms with Gasteiger partial charge in [-0.15, -0.1) is 0 Å². The summed E-state index contributed by atoms with van der Waals surface area (Å²) in [6.07, 6.45) is 7.62. The van der Waals surface area contributed by atoms with Crippen molar-refractivity contribution in [1.29, 1.82) is 0 Å². The highest BCUT2D eigenvalue weighted by atomic mass is 16.2. The van der Waals surface area contributed by atoms with Crippen molar-refractivity contribution in [3.8, 4) is 5.69 Å². The smallest absolute Gasteiger partial charge is 0.273 e. The van der Waals surface area contributed by atoms with Crippen LogP contribution in [0.3, 0.4) is 0 Å². The molecule has 0 atom stereocenters. The van der Waals surface area contributed by atoms with Crippen LogP contribution in [0, 0.1) is 0 Å². The Hall–Kier alpha value is -2.63. The highest BCUT2D eigenvalue weighted by molar-refractivity contribution is 6.05. The lowest BCUT2D eigenvalue weighted by atomic mass is 10.2. The number of nitrogens with zero attached hydrogens (tertiary/aromatic N) is 5. The molecule has 22 heavy (non-hydrogen) atoms. The molecular weight excluding hydrogens is 278 g/mol. The van der Waals surface area contributed by atoms with Crippen LogP contribution in [-0.2, 0) is 6.54 Å². The number of aromatic nitrogens is 4. The Bertz CT molecular complexity index is 875. The molecule has 6 heteroatoms. The van der Waals surface area contributed by atoms with Crippen LogP contribution >= 0.6 is 0 Å². The molecule has 1 aliphatic carbocycles. The van der Waals surface area contributed by atoms with Crippen molar-refractivity contribution in [2.75, 3.05) is 6.54 Å². The third-order valence-electron chi connectivity index (χ3n) is 4.54. The zero-order chi connectivity index (χ0) is 14.7. The van der Waals surface area contributed by atoms with Gasteiger partial charge in [-0.2, -0.15) is 5.10 Å². The van der Waals surface area contributed by atoms with Gasteiger partial charge >= 0.3 is 0 Å². The number of rotatable bonds is 2. The first-order valence-corrected chi connectivity index (χ1v) is 7.63. The van der Waals surface area contributed by atoms with Crippen molar-refractivity contribution in [2.45, 2.75) is 25.4 Å². The van der Waals surface area contributed by atoms with Gasteiger partial charge in [0.25, 0.3) is 5.91 Å². The zero-order valence-corrected chi connectivity index (χ0v) is 12.0. The highest BCUT2D eigenvalue weighted by Crippen LogP contribution is 2.35. The van der Waals surface area contributed by atoms with Crippen LogP contribution in [0.4, 0.5) is 0 Å². The molecule has 0 radical (unpaired) electrons. The summed E-state index contributed by atoms with van der Waals surface area (Å²) in [4.78, 5) is 19.5. The van der Waals surface area contributed by atoms with Gasteiger partial charge in [0.1, 0.15) is 16.9 Å². The molecule has 4 heterocycles. The molecule has 1 amide bonds. The summed E-state index contributed by atoms with van der Waals surface area (Å²) in [5.41, 5.74) is 3.37. The van der Waals surface area contributed by atoms with E-state index in [0.29, 0.717) is 6.04 Å². The predicted octanol–water partition coefficient (Wildman–Crippen LogP) is 1.84. The van der Waals surface area contributed by atoms with Gasteiger partial charge in [-0.25, -0.2) is 4.68 Å². The summed E-state index contributed by atoms with van der Waals surface area (Å²) < 4.78 is 3.86. The van der Waals surface area contributed by atoms with Gasteiger partial charge in [0.05, 0.1) is 5.52 Å². The number of fused-ring (bicyclic) bond motifs is 3. The van der Waals surface area contributed by atoms with E-state index in [0.717, 1.165) is 48.3 Å². The monoisotopic (exact) mass is 293 g/mol. The van der Waals surface area contributed by atoms with Gasteiger partial charge < -0.3 is 9.47 Å². The average molecular weight is 293 g/mol. The van der Waals surface area contributed by atoms with Gasteiger partial charge in [0.15, 0.2) is 0 Å². The number of hydrogen-bond donors (Lipinski definition) is 0. The standard InChI is InChI=1S/C16H15N5O/c22-16-15-14(21-8-2-7-18-21)13-12(3-1-6-17-13)20(15)10-9-19(16)11-4-5-11/h1-3,6-8,11H,4-5,9-10H2. The van der Waals surface area contributed by atoms with E-state index in [-0.39, 0.29) is 5.91 Å². The molecule has 0 N–H and O–H groups in total. The normalized spacial score (nSPS) is 18.0. The lowest BCUT2D eigenvalue weighted by Crippen LogP contribution is -2.41. The third-order valence-corrected chi connectivity index (χ3v) is 4.54. The molecule has 1 fully saturated rings. The van der Waals surface area contributed by atoms with Crippen LogP contribution in [0.5, 0.6) is 0 Å². The Morgan fingerprint density at radius 2 is 2.05 bits per heavy atom. The summed E-state index contributed by atoms with van der Waals surface area (Å²) in [7, 11) is 0. The van der Waals surface area contributed by atoms with Gasteiger partial charge in [0.2, 0.25) is 0 Å². The Morgan fingerprint density at radius 3 is 2.82 bits per heavy atom. The van der Waals surface area contributed by atoms with E-state index in [4.69, 9.17) is 0 Å². The van der Waals surface area contributed by atoms with E-state index in [1.54, 1.807) is 17.1 Å². The van der Waals surface area contributed by atoms with Crippen LogP contribution < -0.4 is 0 Å². The molecule has 1 aliphatic heterocycles. The fraction of sp³-hybridized carbons (Fsp3) is 0.312. The fourth-order valence-corrected chi connectivity index (χ4v) is 3.40. The minimum Gasteiger partial charge on any atom is -0.333 e. The summed E-state index contributed by atoms with van der Waals surface area (Å²) in [5.74, 6) is 0.109. The maximum absolute atomic E-state index is 13.0. The minimum absolute atomic E-state index is 0.109. The molecule has 110 valence electrons. The Balaban J connectivity index is 1.82. The van der Waals surface area contributed by atoms with Crippen molar-refractivity contribution < 1.29 is 4.79 Å². The first kappa shape index (κ1) is 12.0. The number of amides is 1. The second-order valence-corrected chi connectivity index (χ2v) is 5.90. The maximum Gasteiger partial charge on any atom is 0.273 e. The van der Waals surface area contributed by atoms with Crippen LogP contribution in [0.1, 0.15) is 23.3 Å². The number of carbonyl (C=O) groups excluding carboxylic acids is 1. The second-order valence-electron chi connectivity index (χ2n) is 5.90. The highest BCUT2D eigenvalue weighted by Gasteiger charge is 2.39. The van der Waals surface area contributed by atoms with Crippen LogP contribution in [0.15, 0.2) is 36.8 Å². The molecule has 0 saturated heterocycles. The number of pyridine rings is 1. The molecule has 0 spiro atoms. The average Bonchev–Trinajstić information content (AvgIpc) is 3.12. The van der Waals surface area contributed by atoms with Gasteiger partial charge in [0, 0.05) is 37.7 Å². The predicted molar refractivity (Wildman–Crippen MR) is 80.9 cm³/mol. The first-order valence-electron chi connectivity index (χ1n) is 7.63. The van der Waals surface area contributed by atoms with E-state index in [2.05, 4.69) is 14.6 Å². The summed E-state index contributed by atoms with van der Waals surface area (Å²) in [6, 6.07) is 6.24. The van der Waals surface area contributed by atoms with E-state index >= 15 is 0 Å². The molecular formula is C16H15N5O. The topological polar surface area (TPSA) is 56.0 Å². The van der Waals surface area contributed by atoms with Crippen molar-refractivity contribution >= 4 is 16.9 Å². The Kier molecular flexibility index (Phi) is 2.28. The number of hydrogen-bond acceptors (Lipinski definition) is 3. The Morgan fingerprint density at radius 1 is 1.14 bits per heavy atom. The lowest BCUT2D eigenvalue weighted by Gasteiger charge is -2.29. The molecule has 0 bridgehead atoms. The summed E-state index contributed by atoms with van der Waals surface area (Å²) in [5, 5.41) is 4.33. The Labute approximate surface area is 127 Å². The van der Waals surface area contributed by atoms with Crippen LogP contribution in [-0.4, -0.2) is 42.7 Å². The SMILES string of the molecule is O=C1c2c(-n3cccn3)c3ncccc3n2CCN1C1CC1. The van der Waals surface area contributed by atoms with E-state index in [1.165, 1.54) is 0 Å². The molecule has 6 nitrogen and oxygen atoms in total. The van der Waals surface area contributed by atoms with Gasteiger partial charge in [-0.1, -0.05) is 0 Å². The van der Waals surface area contributed by atoms with E-state index in [9.17, 15) is 4.79 Å². The van der Waals surface area contributed by atoms with Gasteiger partial charge in [-0.05, 0) is 31.0 Å². The van der Waals surface area contributed by atoms with Crippen molar-refractivity contribution in [3.63, 3.8) is 0 Å². The van der Waals surface area contributed by atoms with Crippen molar-refractivity contribution in [1.82, 2.24) is 24.2 Å². The molecule has 1 saturated carbocycles. The molecule has 0 aromatic carbocycles. The van der Waals surface area contributed by atoms with E-state index in [1.807, 2.05) is 29.3 Å². The maximum atomic E-state index is 13.0. The zero-order valence-electron chi connectivity index (χ0n) is 12.0. The van der Waals surface area contributed by atoms with Crippen LogP contribution in [0.25, 0.3) is 16.7 Å². The second kappa shape index (κ2) is 4.19. The molecule has 3 aromatic heterocycles. The first-order chi connectivity index (χ1) is 10.8. The summed E-state index contributed by atoms with van der Waals surface area (Å²) >= 11 is 0. The van der Waals surface area contributed by atoms with Crippen molar-refractivity contribution in [3.05, 3.63) is 42.5 Å². The summed E-state index contributed by atoms with van der Waals surface area (Å²) in [6.45, 7) is 1.61. The van der Waals surface area contributed by atoms with Crippen molar-refractivity contribution in [2.24, 2.45) is 0 Å². The molecule has 2 aliphatic rings. The molecule has 3 aromatic rings. The van der Waals surface area contributed by atoms with E-state index < -0.39 is 0 Å². The minimum atomic E-state index is 0.109. The fourth-order valence-electron chi connectivity index (χ4n) is 3.40. The van der Waals surface area contributed by atoms with Crippen LogP contribution in [0.2, 0.25) is 0 Å². The molecule has 5 rings (SSSR count). The third kappa shape index (κ3) is 1.52. The lowest BCUT2D eigenvalue weighted by molar-refractivity contribution is 0.0693. The number of carbonyl (C=O) groups is 1. The largest absolute Gasteiger partial charge is 0.333 e.